The molecule has 35 heteroatoms. The molecule has 0 bridgehead atoms. The number of hydrogen-bond donors (Lipinski definition) is 19. The first-order chi connectivity index (χ1) is 39.5. The Morgan fingerprint density at radius 2 is 1.24 bits per heavy atom. The van der Waals surface area contributed by atoms with Crippen molar-refractivity contribution in [3.8, 4) is 5.75 Å². The van der Waals surface area contributed by atoms with Gasteiger partial charge in [0.25, 0.3) is 0 Å². The summed E-state index contributed by atoms with van der Waals surface area (Å²) in [4.78, 5) is 183. The maximum Gasteiger partial charge on any atom is 0.326 e. The fourth-order valence-corrected chi connectivity index (χ4v) is 9.75. The number of amides is 12. The molecule has 468 valence electrons. The fraction of sp³-hybridized carbons (Fsp3) is 0.592. The minimum Gasteiger partial charge on any atom is -0.508 e. The number of hydrogen-bond acceptors (Lipinski definition) is 22. The number of nitrogens with two attached hydrogens (primary N) is 6. The van der Waals surface area contributed by atoms with Crippen molar-refractivity contribution >= 4 is 104 Å². The third kappa shape index (κ3) is 26.3. The summed E-state index contributed by atoms with van der Waals surface area (Å²) in [6.07, 6.45) is -4.40. The summed E-state index contributed by atoms with van der Waals surface area (Å²) in [5.74, 6) is -14.8. The molecule has 0 radical (unpaired) electrons. The maximum atomic E-state index is 14.2. The number of phenolic OH excluding ortho intramolecular Hbond substituents is 1. The Kier molecular flexibility index (Phi) is 31.7. The first-order valence-electron chi connectivity index (χ1n) is 26.4. The van der Waals surface area contributed by atoms with E-state index in [1.165, 1.54) is 38.1 Å². The van der Waals surface area contributed by atoms with Crippen LogP contribution >= 0.6 is 21.6 Å². The van der Waals surface area contributed by atoms with Crippen molar-refractivity contribution in [2.24, 2.45) is 40.3 Å². The zero-order valence-electron chi connectivity index (χ0n) is 46.5. The van der Waals surface area contributed by atoms with Crippen LogP contribution in [0.5, 0.6) is 5.75 Å². The lowest BCUT2D eigenvalue weighted by Gasteiger charge is -2.28. The molecule has 0 spiro atoms. The summed E-state index contributed by atoms with van der Waals surface area (Å²) in [7, 11) is 1.70. The van der Waals surface area contributed by atoms with Crippen LogP contribution in [0.3, 0.4) is 0 Å². The van der Waals surface area contributed by atoms with E-state index in [1.807, 2.05) is 0 Å². The van der Waals surface area contributed by atoms with E-state index in [-0.39, 0.29) is 56.7 Å². The van der Waals surface area contributed by atoms with E-state index in [0.717, 1.165) is 28.5 Å². The third-order valence-electron chi connectivity index (χ3n) is 12.3. The van der Waals surface area contributed by atoms with Gasteiger partial charge in [0.15, 0.2) is 5.78 Å². The molecule has 84 heavy (non-hydrogen) atoms. The minimum absolute atomic E-state index is 0.0701. The Hall–Kier alpha value is -7.70. The highest BCUT2D eigenvalue weighted by molar-refractivity contribution is 8.77. The highest BCUT2D eigenvalue weighted by Gasteiger charge is 2.37. The number of aliphatic carboxylic acids is 1. The molecule has 0 aromatic heterocycles. The van der Waals surface area contributed by atoms with Gasteiger partial charge in [0, 0.05) is 51.2 Å². The van der Waals surface area contributed by atoms with Crippen LogP contribution in [0.15, 0.2) is 24.3 Å². The number of aliphatic hydroxyl groups excluding tert-OH is 1. The van der Waals surface area contributed by atoms with Gasteiger partial charge in [-0.3, -0.25) is 62.3 Å². The number of ketones is 1. The van der Waals surface area contributed by atoms with E-state index in [1.54, 1.807) is 0 Å². The summed E-state index contributed by atoms with van der Waals surface area (Å²) < 4.78 is 0. The Morgan fingerprint density at radius 1 is 0.679 bits per heavy atom. The van der Waals surface area contributed by atoms with E-state index >= 15 is 0 Å². The van der Waals surface area contributed by atoms with Gasteiger partial charge in [-0.15, -0.1) is 0 Å². The Bertz CT molecular complexity index is 2510. The van der Waals surface area contributed by atoms with Gasteiger partial charge in [-0.2, -0.15) is 0 Å². The number of phenols is 1. The van der Waals surface area contributed by atoms with E-state index in [2.05, 4.69) is 53.2 Å². The Balaban J connectivity index is 2.43. The first-order valence-corrected chi connectivity index (χ1v) is 28.8. The molecule has 25 N–H and O–H groups in total. The number of primary amides is 2. The number of carbonyl (C=O) groups is 14. The average molecular weight is 1230 g/mol. The third-order valence-corrected chi connectivity index (χ3v) is 14.9. The summed E-state index contributed by atoms with van der Waals surface area (Å²) in [6.45, 7) is 2.87. The van der Waals surface area contributed by atoms with Crippen molar-refractivity contribution in [1.82, 2.24) is 53.2 Å². The van der Waals surface area contributed by atoms with Crippen LogP contribution in [-0.4, -0.2) is 196 Å². The van der Waals surface area contributed by atoms with E-state index in [4.69, 9.17) is 34.4 Å². The molecule has 1 saturated heterocycles. The van der Waals surface area contributed by atoms with Crippen molar-refractivity contribution in [3.63, 3.8) is 0 Å². The van der Waals surface area contributed by atoms with Gasteiger partial charge in [-0.25, -0.2) is 4.79 Å². The molecular formula is C49H78N16O17S2. The molecular weight excluding hydrogens is 1150 g/mol. The molecule has 5 unspecified atom stereocenters. The van der Waals surface area contributed by atoms with Gasteiger partial charge in [0.1, 0.15) is 59.5 Å². The second-order valence-corrected chi connectivity index (χ2v) is 22.2. The van der Waals surface area contributed by atoms with Crippen molar-refractivity contribution in [3.05, 3.63) is 29.8 Å². The summed E-state index contributed by atoms with van der Waals surface area (Å²) in [6, 6.07) is -9.30. The monoisotopic (exact) mass is 1230 g/mol. The first kappa shape index (κ1) is 72.4. The molecule has 1 fully saturated rings. The number of carboxylic acid groups (broad SMARTS) is 1. The van der Waals surface area contributed by atoms with Crippen LogP contribution in [0.1, 0.15) is 77.7 Å². The highest BCUT2D eigenvalue weighted by atomic mass is 33.1. The summed E-state index contributed by atoms with van der Waals surface area (Å²) in [5.41, 5.74) is 34.2. The number of nitrogens with one attached hydrogen (secondary N) is 10. The van der Waals surface area contributed by atoms with Crippen LogP contribution in [-0.2, 0) is 73.5 Å². The minimum atomic E-state index is -1.85. The predicted molar refractivity (Wildman–Crippen MR) is 302 cm³/mol. The molecule has 11 atom stereocenters. The molecule has 2 rings (SSSR count). The zero-order valence-corrected chi connectivity index (χ0v) is 48.1. The standard InChI is InChI=1S/C49H78N16O17S2/c1-22(2)38(49(81)82)64-43(75)28-11-12-36(71)57-15-13-37(72)56-14-5-4-6-27(42(74)65-39(23(3)66)48(80)59-28)58-46(78)32(20-51)63-44(76)29(16-24-7-9-25(67)10-8-24)60-45(77)30(17-34(53)69)61-47(79)31(19-50)62-41(73)26(52)21-83-84-40(55)33(68)18-35(54)70/h7-10,22-23,26-32,38-40,66-67H,4-6,11-21,50-52,55H2,1-3H3,(H2,53,69)(H2,54,70)(H,56,72)(H,57,71)(H,58,78)(H,59,80)(H,60,77)(H,61,79)(H,62,73)(H,63,76)(H,64,75)(H,65,74)(H,81,82)/t23-,26+,27?,28?,29?,30+,31+,32+,38+,39?,40?/m1/s1. The molecule has 12 amide bonds. The van der Waals surface area contributed by atoms with Crippen molar-refractivity contribution in [2.45, 2.75) is 144 Å². The number of Topliss-reactive ketones (excluding diaryl/α,β-unsaturated/α-hetero) is 1. The number of aliphatic hydroxyl groups is 1. The quantitative estimate of drug-likeness (QED) is 0.0210. The molecule has 0 aliphatic carbocycles. The molecule has 1 aromatic rings. The summed E-state index contributed by atoms with van der Waals surface area (Å²) in [5, 5.41) is 53.3. The van der Waals surface area contributed by atoms with E-state index < -0.39 is 193 Å². The number of aromatic hydroxyl groups is 1. The van der Waals surface area contributed by atoms with Gasteiger partial charge in [0.05, 0.1) is 25.0 Å². The van der Waals surface area contributed by atoms with Gasteiger partial charge >= 0.3 is 5.97 Å². The lowest BCUT2D eigenvalue weighted by molar-refractivity contribution is -0.144. The molecule has 1 aromatic carbocycles. The van der Waals surface area contributed by atoms with Gasteiger partial charge in [0.2, 0.25) is 70.9 Å². The maximum absolute atomic E-state index is 14.2. The van der Waals surface area contributed by atoms with Gasteiger partial charge < -0.3 is 103 Å². The zero-order chi connectivity index (χ0) is 63.4. The van der Waals surface area contributed by atoms with Crippen molar-refractivity contribution in [1.29, 1.82) is 0 Å². The molecule has 1 aliphatic rings. The molecule has 1 heterocycles. The highest BCUT2D eigenvalue weighted by Crippen LogP contribution is 2.25. The van der Waals surface area contributed by atoms with Crippen LogP contribution in [0, 0.1) is 5.92 Å². The van der Waals surface area contributed by atoms with E-state index in [9.17, 15) is 82.4 Å². The van der Waals surface area contributed by atoms with Crippen LogP contribution in [0.4, 0.5) is 0 Å². The fourth-order valence-electron chi connectivity index (χ4n) is 7.60. The second-order valence-electron chi connectivity index (χ2n) is 19.7. The summed E-state index contributed by atoms with van der Waals surface area (Å²) >= 11 is 0. The average Bonchev–Trinajstić information content (AvgIpc) is 3.42. The Morgan fingerprint density at radius 3 is 1.82 bits per heavy atom. The van der Waals surface area contributed by atoms with Gasteiger partial charge in [-0.1, -0.05) is 47.6 Å². The normalized spacial score (nSPS) is 19.5. The Labute approximate surface area is 490 Å². The number of carbonyl (C=O) groups excluding carboxylic acids is 13. The molecule has 33 nitrogen and oxygen atoms in total. The molecule has 1 aliphatic heterocycles. The predicted octanol–water partition coefficient (Wildman–Crippen LogP) is -8.25. The second kappa shape index (κ2) is 36.8. The van der Waals surface area contributed by atoms with Crippen LogP contribution in [0.25, 0.3) is 0 Å². The number of rotatable bonds is 28. The topological polar surface area (TPSA) is 576 Å². The lowest BCUT2D eigenvalue weighted by atomic mass is 10.0. The van der Waals surface area contributed by atoms with Crippen molar-refractivity contribution in [2.75, 3.05) is 31.9 Å². The van der Waals surface area contributed by atoms with Crippen molar-refractivity contribution < 1.29 is 82.4 Å². The number of carboxylic acids is 1. The SMILES string of the molecule is CC(C)[C@H](NC(=O)C1CCC(=O)NCCC(=O)NCCCCC(NC(=O)[C@H](CN)NC(=O)C(Cc2ccc(O)cc2)NC(=O)[C@H](CC(N)=O)NC(=O)[C@H](CN)NC(=O)[C@@H](N)CSSC(N)C(=O)CC(N)=O)C(=O)NC([C@@H](C)O)C(=O)N1)C(=O)O. The van der Waals surface area contributed by atoms with Crippen LogP contribution in [0.2, 0.25) is 0 Å². The van der Waals surface area contributed by atoms with Crippen LogP contribution < -0.4 is 87.6 Å². The largest absolute Gasteiger partial charge is 0.508 e. The lowest BCUT2D eigenvalue weighted by Crippen LogP contribution is -2.63. The van der Waals surface area contributed by atoms with E-state index in [0.29, 0.717) is 5.56 Å². The smallest absolute Gasteiger partial charge is 0.326 e. The van der Waals surface area contributed by atoms with Gasteiger partial charge in [-0.05, 0) is 56.2 Å². The molecule has 0 saturated carbocycles. The number of benzene rings is 1.